The van der Waals surface area contributed by atoms with E-state index in [0.29, 0.717) is 6.04 Å². The number of rotatable bonds is 5. The van der Waals surface area contributed by atoms with Crippen LogP contribution in [0.2, 0.25) is 0 Å². The molecule has 0 amide bonds. The second-order valence-corrected chi connectivity index (χ2v) is 5.58. The Morgan fingerprint density at radius 3 is 2.65 bits per heavy atom. The fraction of sp³-hybridized carbons (Fsp3) is 0.625. The van der Waals surface area contributed by atoms with Gasteiger partial charge in [-0.15, -0.1) is 12.4 Å². The summed E-state index contributed by atoms with van der Waals surface area (Å²) in [5, 5.41) is 3.41. The maximum Gasteiger partial charge on any atom is 0.122 e. The van der Waals surface area contributed by atoms with Crippen molar-refractivity contribution >= 4 is 12.4 Å². The first-order chi connectivity index (χ1) is 9.16. The number of nitrogens with zero attached hydrogens (tertiary/aromatic N) is 1. The average Bonchev–Trinajstić information content (AvgIpc) is 2.43. The van der Waals surface area contributed by atoms with Gasteiger partial charge in [0.15, 0.2) is 0 Å². The van der Waals surface area contributed by atoms with E-state index >= 15 is 0 Å². The van der Waals surface area contributed by atoms with E-state index in [9.17, 15) is 0 Å². The van der Waals surface area contributed by atoms with Gasteiger partial charge in [0, 0.05) is 12.6 Å². The second-order valence-electron chi connectivity index (χ2n) is 5.58. The molecule has 0 spiro atoms. The van der Waals surface area contributed by atoms with Gasteiger partial charge in [0.1, 0.15) is 12.4 Å². The highest BCUT2D eigenvalue weighted by atomic mass is 35.5. The van der Waals surface area contributed by atoms with E-state index in [1.165, 1.54) is 24.0 Å². The maximum absolute atomic E-state index is 5.92. The molecular formula is C16H27ClN2O. The van der Waals surface area contributed by atoms with Gasteiger partial charge < -0.3 is 10.1 Å². The van der Waals surface area contributed by atoms with Gasteiger partial charge in [0.05, 0.1) is 0 Å². The number of nitrogens with one attached hydrogen (secondary N) is 1. The van der Waals surface area contributed by atoms with Crippen molar-refractivity contribution in [1.82, 2.24) is 10.2 Å². The van der Waals surface area contributed by atoms with Crippen LogP contribution < -0.4 is 10.1 Å². The van der Waals surface area contributed by atoms with Gasteiger partial charge in [0.25, 0.3) is 0 Å². The van der Waals surface area contributed by atoms with Crippen molar-refractivity contribution in [3.05, 3.63) is 29.3 Å². The number of likely N-dealkylation sites (N-methyl/N-ethyl adjacent to an activating group) is 1. The Morgan fingerprint density at radius 1 is 1.25 bits per heavy atom. The molecule has 0 bridgehead atoms. The fourth-order valence-corrected chi connectivity index (χ4v) is 2.59. The first kappa shape index (κ1) is 17.3. The molecule has 1 aliphatic heterocycles. The van der Waals surface area contributed by atoms with Gasteiger partial charge in [0.2, 0.25) is 0 Å². The second kappa shape index (κ2) is 8.50. The molecule has 0 unspecified atom stereocenters. The quantitative estimate of drug-likeness (QED) is 0.905. The van der Waals surface area contributed by atoms with Gasteiger partial charge in [-0.2, -0.15) is 0 Å². The Hall–Kier alpha value is -0.770. The summed E-state index contributed by atoms with van der Waals surface area (Å²) in [7, 11) is 2.21. The number of piperidine rings is 1. The summed E-state index contributed by atoms with van der Waals surface area (Å²) >= 11 is 0. The van der Waals surface area contributed by atoms with Crippen molar-refractivity contribution in [3.63, 3.8) is 0 Å². The first-order valence-corrected chi connectivity index (χ1v) is 7.28. The maximum atomic E-state index is 5.92. The highest BCUT2D eigenvalue weighted by Gasteiger charge is 2.17. The lowest BCUT2D eigenvalue weighted by Gasteiger charge is -2.31. The Balaban J connectivity index is 0.00000200. The molecule has 2 rings (SSSR count). The van der Waals surface area contributed by atoms with E-state index in [2.05, 4.69) is 49.3 Å². The van der Waals surface area contributed by atoms with Crippen molar-refractivity contribution in [2.24, 2.45) is 0 Å². The molecule has 1 aliphatic rings. The van der Waals surface area contributed by atoms with Crippen LogP contribution in [0.3, 0.4) is 0 Å². The molecule has 3 nitrogen and oxygen atoms in total. The summed E-state index contributed by atoms with van der Waals surface area (Å²) in [6, 6.07) is 7.09. The predicted molar refractivity (Wildman–Crippen MR) is 87.2 cm³/mol. The molecule has 0 atom stereocenters. The molecule has 1 aromatic carbocycles. The number of aryl methyl sites for hydroxylation is 2. The van der Waals surface area contributed by atoms with Crippen LogP contribution >= 0.6 is 12.4 Å². The van der Waals surface area contributed by atoms with E-state index in [-0.39, 0.29) is 12.4 Å². The molecule has 1 aromatic rings. The van der Waals surface area contributed by atoms with Crippen molar-refractivity contribution in [1.29, 1.82) is 0 Å². The molecule has 1 saturated heterocycles. The van der Waals surface area contributed by atoms with Crippen molar-refractivity contribution in [2.45, 2.75) is 32.7 Å². The summed E-state index contributed by atoms with van der Waals surface area (Å²) < 4.78 is 5.92. The topological polar surface area (TPSA) is 24.5 Å². The number of hydrogen-bond donors (Lipinski definition) is 1. The number of hydrogen-bond acceptors (Lipinski definition) is 3. The summed E-state index contributed by atoms with van der Waals surface area (Å²) in [4.78, 5) is 2.44. The van der Waals surface area contributed by atoms with Crippen molar-refractivity contribution < 1.29 is 4.74 Å². The third-order valence-electron chi connectivity index (χ3n) is 3.98. The molecule has 1 fully saturated rings. The van der Waals surface area contributed by atoms with Crippen LogP contribution in [0.25, 0.3) is 0 Å². The molecule has 20 heavy (non-hydrogen) atoms. The summed E-state index contributed by atoms with van der Waals surface area (Å²) in [5.74, 6) is 1.03. The van der Waals surface area contributed by atoms with E-state index in [1.54, 1.807) is 0 Å². The monoisotopic (exact) mass is 298 g/mol. The summed E-state index contributed by atoms with van der Waals surface area (Å²) in [5.41, 5.74) is 2.47. The van der Waals surface area contributed by atoms with Crippen LogP contribution in [-0.2, 0) is 0 Å². The van der Waals surface area contributed by atoms with Crippen molar-refractivity contribution in [3.8, 4) is 5.75 Å². The molecule has 114 valence electrons. The lowest BCUT2D eigenvalue weighted by Crippen LogP contribution is -2.42. The normalized spacial score (nSPS) is 16.0. The van der Waals surface area contributed by atoms with Gasteiger partial charge in [-0.3, -0.25) is 4.90 Å². The molecule has 4 heteroatoms. The van der Waals surface area contributed by atoms with Crippen LogP contribution in [0.15, 0.2) is 18.2 Å². The molecule has 0 radical (unpaired) electrons. The van der Waals surface area contributed by atoms with Gasteiger partial charge >= 0.3 is 0 Å². The minimum absolute atomic E-state index is 0. The summed E-state index contributed by atoms with van der Waals surface area (Å²) in [6.45, 7) is 8.27. The van der Waals surface area contributed by atoms with Crippen LogP contribution in [0.4, 0.5) is 0 Å². The van der Waals surface area contributed by atoms with Crippen LogP contribution in [0.1, 0.15) is 24.0 Å². The van der Waals surface area contributed by atoms with E-state index < -0.39 is 0 Å². The molecule has 0 aliphatic carbocycles. The Labute approximate surface area is 129 Å². The third-order valence-corrected chi connectivity index (χ3v) is 3.98. The molecule has 1 N–H and O–H groups in total. The molecule has 0 saturated carbocycles. The minimum atomic E-state index is 0. The zero-order valence-corrected chi connectivity index (χ0v) is 13.6. The predicted octanol–water partition coefficient (Wildman–Crippen LogP) is 2.79. The third kappa shape index (κ3) is 4.97. The Morgan fingerprint density at radius 2 is 1.95 bits per heavy atom. The zero-order chi connectivity index (χ0) is 13.7. The zero-order valence-electron chi connectivity index (χ0n) is 12.8. The average molecular weight is 299 g/mol. The van der Waals surface area contributed by atoms with E-state index in [1.807, 2.05) is 0 Å². The van der Waals surface area contributed by atoms with Crippen LogP contribution in [0.5, 0.6) is 5.75 Å². The largest absolute Gasteiger partial charge is 0.492 e. The minimum Gasteiger partial charge on any atom is -0.492 e. The van der Waals surface area contributed by atoms with Gasteiger partial charge in [-0.25, -0.2) is 0 Å². The highest BCUT2D eigenvalue weighted by Crippen LogP contribution is 2.19. The standard InChI is InChI=1S/C16H26N2O.ClH/c1-13-4-5-14(2)16(12-13)19-11-10-18(3)15-6-8-17-9-7-15;/h4-5,12,15,17H,6-11H2,1-3H3;1H. The van der Waals surface area contributed by atoms with Crippen LogP contribution in [-0.4, -0.2) is 44.2 Å². The smallest absolute Gasteiger partial charge is 0.122 e. The SMILES string of the molecule is Cc1ccc(C)c(OCCN(C)C2CCNCC2)c1.Cl. The number of halogens is 1. The summed E-state index contributed by atoms with van der Waals surface area (Å²) in [6.07, 6.45) is 2.50. The van der Waals surface area contributed by atoms with E-state index in [4.69, 9.17) is 4.74 Å². The fourth-order valence-electron chi connectivity index (χ4n) is 2.59. The highest BCUT2D eigenvalue weighted by molar-refractivity contribution is 5.85. The molecule has 0 aromatic heterocycles. The van der Waals surface area contributed by atoms with E-state index in [0.717, 1.165) is 32.0 Å². The van der Waals surface area contributed by atoms with Crippen LogP contribution in [0, 0.1) is 13.8 Å². The van der Waals surface area contributed by atoms with Crippen molar-refractivity contribution in [2.75, 3.05) is 33.3 Å². The number of benzene rings is 1. The lowest BCUT2D eigenvalue weighted by molar-refractivity contribution is 0.164. The van der Waals surface area contributed by atoms with Gasteiger partial charge in [-0.05, 0) is 64.0 Å². The Kier molecular flexibility index (Phi) is 7.35. The van der Waals surface area contributed by atoms with Gasteiger partial charge in [-0.1, -0.05) is 12.1 Å². The number of ether oxygens (including phenoxy) is 1. The Bertz CT molecular complexity index is 405. The molecule has 1 heterocycles. The first-order valence-electron chi connectivity index (χ1n) is 7.28. The lowest BCUT2D eigenvalue weighted by atomic mass is 10.1. The molecular weight excluding hydrogens is 272 g/mol.